The SMILES string of the molecule is CC(Cl)C1CCN(S(=O)(=O)c2cn[nH]c2)CC1. The summed E-state index contributed by atoms with van der Waals surface area (Å²) in [4.78, 5) is 0.231. The summed E-state index contributed by atoms with van der Waals surface area (Å²) in [6.07, 6.45) is 4.39. The molecular formula is C10H16ClN3O2S. The number of nitrogens with one attached hydrogen (secondary N) is 1. The second kappa shape index (κ2) is 4.96. The summed E-state index contributed by atoms with van der Waals surface area (Å²) < 4.78 is 25.8. The zero-order valence-electron chi connectivity index (χ0n) is 9.63. The molecule has 0 spiro atoms. The highest BCUT2D eigenvalue weighted by Crippen LogP contribution is 2.27. The van der Waals surface area contributed by atoms with E-state index in [-0.39, 0.29) is 10.3 Å². The van der Waals surface area contributed by atoms with Gasteiger partial charge in [0.05, 0.1) is 6.20 Å². The minimum absolute atomic E-state index is 0.105. The molecule has 2 rings (SSSR count). The quantitative estimate of drug-likeness (QED) is 0.850. The molecule has 1 aliphatic rings. The lowest BCUT2D eigenvalue weighted by Crippen LogP contribution is -2.39. The lowest BCUT2D eigenvalue weighted by Gasteiger charge is -2.31. The maximum atomic E-state index is 12.2. The van der Waals surface area contributed by atoms with Crippen LogP contribution in [0.5, 0.6) is 0 Å². The van der Waals surface area contributed by atoms with Crippen LogP contribution in [0.4, 0.5) is 0 Å². The van der Waals surface area contributed by atoms with Crippen molar-refractivity contribution in [3.63, 3.8) is 0 Å². The Labute approximate surface area is 106 Å². The van der Waals surface area contributed by atoms with E-state index in [9.17, 15) is 8.42 Å². The molecule has 0 amide bonds. The van der Waals surface area contributed by atoms with Crippen LogP contribution in [-0.4, -0.2) is 41.4 Å². The highest BCUT2D eigenvalue weighted by molar-refractivity contribution is 7.89. The zero-order chi connectivity index (χ0) is 12.5. The van der Waals surface area contributed by atoms with Crippen LogP contribution in [0.25, 0.3) is 0 Å². The number of piperidine rings is 1. The Kier molecular flexibility index (Phi) is 3.75. The first-order valence-electron chi connectivity index (χ1n) is 5.65. The van der Waals surface area contributed by atoms with Gasteiger partial charge in [-0.05, 0) is 25.7 Å². The molecule has 0 radical (unpaired) electrons. The monoisotopic (exact) mass is 277 g/mol. The van der Waals surface area contributed by atoms with Gasteiger partial charge in [0.25, 0.3) is 0 Å². The molecule has 5 nitrogen and oxygen atoms in total. The summed E-state index contributed by atoms with van der Waals surface area (Å²) in [5, 5.41) is 6.30. The van der Waals surface area contributed by atoms with Gasteiger partial charge in [-0.25, -0.2) is 8.42 Å². The maximum absolute atomic E-state index is 12.2. The average molecular weight is 278 g/mol. The summed E-state index contributed by atoms with van der Waals surface area (Å²) in [6.45, 7) is 3.04. The molecule has 1 fully saturated rings. The number of sulfonamides is 1. The van der Waals surface area contributed by atoms with Crippen LogP contribution in [0.1, 0.15) is 19.8 Å². The van der Waals surface area contributed by atoms with Crippen molar-refractivity contribution >= 4 is 21.6 Å². The first kappa shape index (κ1) is 12.9. The summed E-state index contributed by atoms with van der Waals surface area (Å²) in [7, 11) is -3.37. The topological polar surface area (TPSA) is 66.1 Å². The predicted molar refractivity (Wildman–Crippen MR) is 65.4 cm³/mol. The van der Waals surface area contributed by atoms with Gasteiger partial charge in [0.15, 0.2) is 0 Å². The Hall–Kier alpha value is -0.590. The molecule has 2 heterocycles. The number of aromatic amines is 1. The maximum Gasteiger partial charge on any atom is 0.246 e. The van der Waals surface area contributed by atoms with Crippen molar-refractivity contribution in [3.05, 3.63) is 12.4 Å². The molecule has 96 valence electrons. The van der Waals surface area contributed by atoms with Gasteiger partial charge >= 0.3 is 0 Å². The molecule has 1 saturated heterocycles. The normalized spacial score (nSPS) is 21.5. The fourth-order valence-electron chi connectivity index (χ4n) is 2.10. The van der Waals surface area contributed by atoms with E-state index in [1.807, 2.05) is 6.92 Å². The number of alkyl halides is 1. The minimum Gasteiger partial charge on any atom is -0.284 e. The first-order chi connectivity index (χ1) is 8.01. The van der Waals surface area contributed by atoms with Crippen LogP contribution < -0.4 is 0 Å². The zero-order valence-corrected chi connectivity index (χ0v) is 11.2. The van der Waals surface area contributed by atoms with E-state index in [4.69, 9.17) is 11.6 Å². The number of halogens is 1. The summed E-state index contributed by atoms with van der Waals surface area (Å²) in [5.41, 5.74) is 0. The van der Waals surface area contributed by atoms with Gasteiger partial charge in [0.2, 0.25) is 10.0 Å². The second-order valence-electron chi connectivity index (χ2n) is 4.35. The van der Waals surface area contributed by atoms with Crippen molar-refractivity contribution in [1.82, 2.24) is 14.5 Å². The van der Waals surface area contributed by atoms with E-state index in [1.165, 1.54) is 16.7 Å². The number of hydrogen-bond acceptors (Lipinski definition) is 3. The number of hydrogen-bond donors (Lipinski definition) is 1. The molecule has 1 unspecified atom stereocenters. The van der Waals surface area contributed by atoms with Gasteiger partial charge in [-0.3, -0.25) is 5.10 Å². The van der Waals surface area contributed by atoms with Gasteiger partial charge in [-0.1, -0.05) is 0 Å². The third kappa shape index (κ3) is 2.64. The second-order valence-corrected chi connectivity index (χ2v) is 6.98. The van der Waals surface area contributed by atoms with Crippen molar-refractivity contribution in [1.29, 1.82) is 0 Å². The first-order valence-corrected chi connectivity index (χ1v) is 7.52. The lowest BCUT2D eigenvalue weighted by atomic mass is 9.95. The van der Waals surface area contributed by atoms with E-state index >= 15 is 0 Å². The molecule has 0 aromatic carbocycles. The van der Waals surface area contributed by atoms with Crippen LogP contribution in [-0.2, 0) is 10.0 Å². The molecule has 17 heavy (non-hydrogen) atoms. The van der Waals surface area contributed by atoms with Gasteiger partial charge in [0, 0.05) is 24.7 Å². The molecular weight excluding hydrogens is 262 g/mol. The van der Waals surface area contributed by atoms with E-state index in [0.29, 0.717) is 19.0 Å². The number of rotatable bonds is 3. The standard InChI is InChI=1S/C10H16ClN3O2S/c1-8(11)9-2-4-14(5-3-9)17(15,16)10-6-12-13-7-10/h6-9H,2-5H2,1H3,(H,12,13). The van der Waals surface area contributed by atoms with Crippen molar-refractivity contribution in [2.75, 3.05) is 13.1 Å². The van der Waals surface area contributed by atoms with Crippen molar-refractivity contribution in [2.45, 2.75) is 30.0 Å². The summed E-state index contributed by atoms with van der Waals surface area (Å²) in [5.74, 6) is 0.410. The van der Waals surface area contributed by atoms with Crippen molar-refractivity contribution in [3.8, 4) is 0 Å². The molecule has 1 aliphatic heterocycles. The van der Waals surface area contributed by atoms with E-state index in [0.717, 1.165) is 12.8 Å². The smallest absolute Gasteiger partial charge is 0.246 e. The van der Waals surface area contributed by atoms with Crippen LogP contribution in [0.2, 0.25) is 0 Å². The predicted octanol–water partition coefficient (Wildman–Crippen LogP) is 1.44. The summed E-state index contributed by atoms with van der Waals surface area (Å²) >= 11 is 6.04. The van der Waals surface area contributed by atoms with Gasteiger partial charge in [-0.2, -0.15) is 9.40 Å². The van der Waals surface area contributed by atoms with E-state index in [2.05, 4.69) is 10.2 Å². The highest BCUT2D eigenvalue weighted by atomic mass is 35.5. The van der Waals surface area contributed by atoms with Gasteiger partial charge in [0.1, 0.15) is 4.90 Å². The molecule has 0 bridgehead atoms. The molecule has 1 atom stereocenters. The van der Waals surface area contributed by atoms with Crippen molar-refractivity contribution in [2.24, 2.45) is 5.92 Å². The molecule has 0 saturated carbocycles. The Balaban J connectivity index is 2.07. The molecule has 1 N–H and O–H groups in total. The molecule has 1 aromatic rings. The number of H-pyrrole nitrogens is 1. The van der Waals surface area contributed by atoms with Crippen LogP contribution in [0, 0.1) is 5.92 Å². The molecule has 1 aromatic heterocycles. The van der Waals surface area contributed by atoms with E-state index in [1.54, 1.807) is 0 Å². The Morgan fingerprint density at radius 1 is 1.53 bits per heavy atom. The van der Waals surface area contributed by atoms with E-state index < -0.39 is 10.0 Å². The third-order valence-corrected chi connectivity index (χ3v) is 5.48. The third-order valence-electron chi connectivity index (χ3n) is 3.26. The number of nitrogens with zero attached hydrogens (tertiary/aromatic N) is 2. The fraction of sp³-hybridized carbons (Fsp3) is 0.700. The summed E-state index contributed by atoms with van der Waals surface area (Å²) in [6, 6.07) is 0. The highest BCUT2D eigenvalue weighted by Gasteiger charge is 2.31. The largest absolute Gasteiger partial charge is 0.284 e. The van der Waals surface area contributed by atoms with Crippen molar-refractivity contribution < 1.29 is 8.42 Å². The number of aromatic nitrogens is 2. The van der Waals surface area contributed by atoms with Gasteiger partial charge in [-0.15, -0.1) is 11.6 Å². The van der Waals surface area contributed by atoms with Crippen LogP contribution >= 0.6 is 11.6 Å². The minimum atomic E-state index is -3.37. The Morgan fingerprint density at radius 3 is 2.65 bits per heavy atom. The Morgan fingerprint density at radius 2 is 2.18 bits per heavy atom. The van der Waals surface area contributed by atoms with Gasteiger partial charge < -0.3 is 0 Å². The van der Waals surface area contributed by atoms with Crippen LogP contribution in [0.3, 0.4) is 0 Å². The molecule has 7 heteroatoms. The molecule has 0 aliphatic carbocycles. The Bertz CT molecular complexity index is 450. The van der Waals surface area contributed by atoms with Crippen LogP contribution in [0.15, 0.2) is 17.3 Å². The fourth-order valence-corrected chi connectivity index (χ4v) is 3.73. The average Bonchev–Trinajstić information content (AvgIpc) is 2.83. The lowest BCUT2D eigenvalue weighted by molar-refractivity contribution is 0.271.